The normalized spacial score (nSPS) is 19.7. The van der Waals surface area contributed by atoms with E-state index in [1.54, 1.807) is 6.20 Å². The molecule has 0 atom stereocenters. The van der Waals surface area contributed by atoms with Gasteiger partial charge in [-0.05, 0) is 36.6 Å². The van der Waals surface area contributed by atoms with Gasteiger partial charge in [0.25, 0.3) is 0 Å². The van der Waals surface area contributed by atoms with E-state index in [1.165, 1.54) is 0 Å². The van der Waals surface area contributed by atoms with Crippen molar-refractivity contribution in [1.29, 1.82) is 0 Å². The predicted molar refractivity (Wildman–Crippen MR) is 51.1 cm³/mol. The number of hydrogen-bond acceptors (Lipinski definition) is 2. The molecule has 0 spiro atoms. The van der Waals surface area contributed by atoms with Crippen LogP contribution in [0.4, 0.5) is 0 Å². The van der Waals surface area contributed by atoms with Crippen LogP contribution in [-0.4, -0.2) is 10.8 Å². The van der Waals surface area contributed by atoms with Crippen molar-refractivity contribution in [2.45, 2.75) is 19.3 Å². The van der Waals surface area contributed by atoms with Gasteiger partial charge >= 0.3 is 0 Å². The molecule has 0 bridgehead atoms. The third-order valence-electron chi connectivity index (χ3n) is 2.22. The van der Waals surface area contributed by atoms with Crippen molar-refractivity contribution in [3.05, 3.63) is 35.7 Å². The molecule has 0 aliphatic heterocycles. The van der Waals surface area contributed by atoms with Gasteiger partial charge in [0, 0.05) is 12.6 Å². The summed E-state index contributed by atoms with van der Waals surface area (Å²) in [5.74, 6) is 0.283. The van der Waals surface area contributed by atoms with Crippen LogP contribution in [0.15, 0.2) is 30.0 Å². The second-order valence-electron chi connectivity index (χ2n) is 3.20. The first-order valence-corrected chi connectivity index (χ1v) is 4.51. The van der Waals surface area contributed by atoms with Gasteiger partial charge in [-0.1, -0.05) is 6.07 Å². The molecule has 2 heteroatoms. The number of ketones is 1. The molecule has 1 aliphatic rings. The first-order chi connectivity index (χ1) is 6.36. The highest BCUT2D eigenvalue weighted by atomic mass is 16.1. The molecule has 0 unspecified atom stereocenters. The van der Waals surface area contributed by atoms with Crippen molar-refractivity contribution in [1.82, 2.24) is 4.98 Å². The number of hydrogen-bond donors (Lipinski definition) is 0. The zero-order chi connectivity index (χ0) is 9.10. The lowest BCUT2D eigenvalue weighted by atomic mass is 10.1. The maximum Gasteiger partial charge on any atom is 0.158 e. The van der Waals surface area contributed by atoms with Gasteiger partial charge < -0.3 is 0 Å². The standard InChI is InChI=1S/C11H11NO/c13-11-6-3-4-9(11)8-10-5-1-2-7-12-10/h1-2,5,7-8H,3-4,6H2/b9-8-. The number of nitrogens with zero attached hydrogens (tertiary/aromatic N) is 1. The van der Waals surface area contributed by atoms with Crippen molar-refractivity contribution < 1.29 is 4.79 Å². The van der Waals surface area contributed by atoms with E-state index < -0.39 is 0 Å². The van der Waals surface area contributed by atoms with Gasteiger partial charge in [0.15, 0.2) is 5.78 Å². The lowest BCUT2D eigenvalue weighted by molar-refractivity contribution is -0.114. The molecule has 0 aromatic carbocycles. The molecule has 0 saturated heterocycles. The zero-order valence-corrected chi connectivity index (χ0v) is 7.36. The lowest BCUT2D eigenvalue weighted by Crippen LogP contribution is -1.91. The minimum Gasteiger partial charge on any atom is -0.295 e. The summed E-state index contributed by atoms with van der Waals surface area (Å²) in [5, 5.41) is 0. The second kappa shape index (κ2) is 3.52. The van der Waals surface area contributed by atoms with Crippen LogP contribution in [0.3, 0.4) is 0 Å². The topological polar surface area (TPSA) is 30.0 Å². The van der Waals surface area contributed by atoms with Crippen LogP contribution in [-0.2, 0) is 4.79 Å². The zero-order valence-electron chi connectivity index (χ0n) is 7.36. The van der Waals surface area contributed by atoms with E-state index in [-0.39, 0.29) is 5.78 Å². The Morgan fingerprint density at radius 1 is 1.31 bits per heavy atom. The van der Waals surface area contributed by atoms with E-state index in [0.29, 0.717) is 6.42 Å². The van der Waals surface area contributed by atoms with E-state index >= 15 is 0 Å². The maximum atomic E-state index is 11.3. The molecule has 2 nitrogen and oxygen atoms in total. The Morgan fingerprint density at radius 2 is 2.23 bits per heavy atom. The van der Waals surface area contributed by atoms with Crippen LogP contribution < -0.4 is 0 Å². The summed E-state index contributed by atoms with van der Waals surface area (Å²) in [5.41, 5.74) is 1.81. The minimum absolute atomic E-state index is 0.283. The molecule has 1 heterocycles. The maximum absolute atomic E-state index is 11.3. The number of pyridine rings is 1. The summed E-state index contributed by atoms with van der Waals surface area (Å²) in [6.07, 6.45) is 6.26. The van der Waals surface area contributed by atoms with Crippen molar-refractivity contribution in [2.24, 2.45) is 0 Å². The summed E-state index contributed by atoms with van der Waals surface area (Å²) >= 11 is 0. The van der Waals surface area contributed by atoms with Gasteiger partial charge in [-0.15, -0.1) is 0 Å². The van der Waals surface area contributed by atoms with Crippen molar-refractivity contribution in [2.75, 3.05) is 0 Å². The van der Waals surface area contributed by atoms with Crippen LogP contribution in [0.1, 0.15) is 25.0 Å². The Balaban J connectivity index is 2.25. The molecule has 0 radical (unpaired) electrons. The summed E-state index contributed by atoms with van der Waals surface area (Å²) in [7, 11) is 0. The van der Waals surface area contributed by atoms with Crippen LogP contribution >= 0.6 is 0 Å². The summed E-state index contributed by atoms with van der Waals surface area (Å²) in [6, 6.07) is 5.72. The number of allylic oxidation sites excluding steroid dienone is 1. The highest BCUT2D eigenvalue weighted by Gasteiger charge is 2.16. The van der Waals surface area contributed by atoms with Crippen molar-refractivity contribution >= 4 is 11.9 Å². The quantitative estimate of drug-likeness (QED) is 0.609. The number of Topliss-reactive ketones (excluding diaryl/α,β-unsaturated/α-hetero) is 1. The average molecular weight is 173 g/mol. The van der Waals surface area contributed by atoms with Crippen LogP contribution in [0.2, 0.25) is 0 Å². The number of carbonyl (C=O) groups is 1. The summed E-state index contributed by atoms with van der Waals surface area (Å²) < 4.78 is 0. The fourth-order valence-corrected chi connectivity index (χ4v) is 1.53. The number of aromatic nitrogens is 1. The molecular weight excluding hydrogens is 162 g/mol. The van der Waals surface area contributed by atoms with E-state index in [0.717, 1.165) is 24.1 Å². The van der Waals surface area contributed by atoms with Crippen molar-refractivity contribution in [3.63, 3.8) is 0 Å². The van der Waals surface area contributed by atoms with Gasteiger partial charge in [-0.3, -0.25) is 9.78 Å². The molecule has 1 aliphatic carbocycles. The predicted octanol–water partition coefficient (Wildman–Crippen LogP) is 2.22. The number of rotatable bonds is 1. The lowest BCUT2D eigenvalue weighted by Gasteiger charge is -1.94. The first kappa shape index (κ1) is 8.17. The molecular formula is C11H11NO. The van der Waals surface area contributed by atoms with E-state index in [9.17, 15) is 4.79 Å². The van der Waals surface area contributed by atoms with E-state index in [1.807, 2.05) is 24.3 Å². The smallest absolute Gasteiger partial charge is 0.158 e. The molecule has 1 saturated carbocycles. The fourth-order valence-electron chi connectivity index (χ4n) is 1.53. The van der Waals surface area contributed by atoms with Crippen LogP contribution in [0.25, 0.3) is 6.08 Å². The molecule has 66 valence electrons. The second-order valence-corrected chi connectivity index (χ2v) is 3.20. The molecule has 1 aromatic rings. The van der Waals surface area contributed by atoms with E-state index in [4.69, 9.17) is 0 Å². The van der Waals surface area contributed by atoms with Crippen LogP contribution in [0.5, 0.6) is 0 Å². The van der Waals surface area contributed by atoms with Gasteiger partial charge in [0.1, 0.15) is 0 Å². The highest BCUT2D eigenvalue weighted by Crippen LogP contribution is 2.21. The third kappa shape index (κ3) is 1.83. The summed E-state index contributed by atoms with van der Waals surface area (Å²) in [6.45, 7) is 0. The Bertz CT molecular complexity index is 340. The molecule has 1 fully saturated rings. The Labute approximate surface area is 77.3 Å². The van der Waals surface area contributed by atoms with Crippen LogP contribution in [0, 0.1) is 0 Å². The van der Waals surface area contributed by atoms with Crippen molar-refractivity contribution in [3.8, 4) is 0 Å². The minimum atomic E-state index is 0.283. The third-order valence-corrected chi connectivity index (χ3v) is 2.22. The molecule has 0 N–H and O–H groups in total. The van der Waals surface area contributed by atoms with Gasteiger partial charge in [0.2, 0.25) is 0 Å². The average Bonchev–Trinajstić information content (AvgIpc) is 2.54. The molecule has 1 aromatic heterocycles. The SMILES string of the molecule is O=C1CCC/C1=C/c1ccccn1. The van der Waals surface area contributed by atoms with E-state index in [2.05, 4.69) is 4.98 Å². The summed E-state index contributed by atoms with van der Waals surface area (Å²) in [4.78, 5) is 15.4. The Kier molecular flexibility index (Phi) is 2.21. The fraction of sp³-hybridized carbons (Fsp3) is 0.273. The molecule has 0 amide bonds. The first-order valence-electron chi connectivity index (χ1n) is 4.51. The molecule has 2 rings (SSSR count). The Morgan fingerprint density at radius 3 is 2.85 bits per heavy atom. The molecule has 13 heavy (non-hydrogen) atoms. The monoisotopic (exact) mass is 173 g/mol. The van der Waals surface area contributed by atoms with Gasteiger partial charge in [-0.2, -0.15) is 0 Å². The van der Waals surface area contributed by atoms with Gasteiger partial charge in [0.05, 0.1) is 5.69 Å². The van der Waals surface area contributed by atoms with Gasteiger partial charge in [-0.25, -0.2) is 0 Å². The Hall–Kier alpha value is -1.44. The highest BCUT2D eigenvalue weighted by molar-refractivity contribution is 6.01. The largest absolute Gasteiger partial charge is 0.295 e. The number of carbonyl (C=O) groups excluding carboxylic acids is 1.